The van der Waals surface area contributed by atoms with Crippen LogP contribution in [0.25, 0.3) is 10.4 Å². The van der Waals surface area contributed by atoms with Crippen molar-refractivity contribution in [1.82, 2.24) is 14.2 Å². The van der Waals surface area contributed by atoms with E-state index >= 15 is 0 Å². The largest absolute Gasteiger partial charge is 0.467 e. The summed E-state index contributed by atoms with van der Waals surface area (Å²) < 4.78 is 20.1. The summed E-state index contributed by atoms with van der Waals surface area (Å²) in [7, 11) is 1.24. The third kappa shape index (κ3) is 7.08. The van der Waals surface area contributed by atoms with Crippen molar-refractivity contribution in [2.24, 2.45) is 11.8 Å². The molecule has 0 spiro atoms. The van der Waals surface area contributed by atoms with Crippen LogP contribution < -0.4 is 4.57 Å². The molecular weight excluding hydrogens is 785 g/mol. The van der Waals surface area contributed by atoms with Gasteiger partial charge in [-0.15, -0.1) is 0 Å². The van der Waals surface area contributed by atoms with Gasteiger partial charge in [-0.25, -0.2) is 19.0 Å². The molecule has 0 radical (unpaired) electrons. The van der Waals surface area contributed by atoms with Crippen molar-refractivity contribution in [2.45, 2.75) is 62.7 Å². The van der Waals surface area contributed by atoms with Crippen LogP contribution in [-0.2, 0) is 41.8 Å². The number of fused-ring (bicyclic) bond motifs is 2. The summed E-state index contributed by atoms with van der Waals surface area (Å²) in [6.07, 6.45) is 4.13. The number of β-lactam (4-membered cyclic amide) rings is 1. The van der Waals surface area contributed by atoms with Crippen LogP contribution in [0.5, 0.6) is 0 Å². The fourth-order valence-electron chi connectivity index (χ4n) is 7.82. The lowest BCUT2D eigenvalue weighted by molar-refractivity contribution is -0.751. The first-order chi connectivity index (χ1) is 27.2. The lowest BCUT2D eigenvalue weighted by Crippen LogP contribution is -2.63. The third-order valence-corrected chi connectivity index (χ3v) is 12.7. The number of aromatic nitrogens is 2. The van der Waals surface area contributed by atoms with Crippen LogP contribution in [0.15, 0.2) is 71.8 Å². The van der Waals surface area contributed by atoms with E-state index in [-0.39, 0.29) is 61.1 Å². The summed E-state index contributed by atoms with van der Waals surface area (Å²) in [5, 5.41) is 33.4. The number of imidazole rings is 1. The number of thiazole rings is 1. The summed E-state index contributed by atoms with van der Waals surface area (Å²) in [5.74, 6) is -2.79. The Labute approximate surface area is 332 Å². The number of carbonyl (C=O) groups is 4. The summed E-state index contributed by atoms with van der Waals surface area (Å²) in [5.41, 5.74) is 1.52. The van der Waals surface area contributed by atoms with E-state index in [1.54, 1.807) is 6.92 Å². The second-order valence-corrected chi connectivity index (χ2v) is 15.7. The molecule has 2 aromatic carbocycles. The molecule has 5 heterocycles. The highest BCUT2D eigenvalue weighted by molar-refractivity contribution is 7.98. The Morgan fingerprint density at radius 1 is 1.02 bits per heavy atom. The summed E-state index contributed by atoms with van der Waals surface area (Å²) >= 11 is 2.84. The molecule has 7 rings (SSSR count). The zero-order chi connectivity index (χ0) is 40.9. The molecular formula is C37H37N6O12S2+. The van der Waals surface area contributed by atoms with Crippen molar-refractivity contribution in [3.05, 3.63) is 103 Å². The Bertz CT molecular complexity index is 2320. The first kappa shape index (κ1) is 39.4. The van der Waals surface area contributed by atoms with Crippen molar-refractivity contribution in [3.8, 4) is 0 Å². The van der Waals surface area contributed by atoms with E-state index in [0.717, 1.165) is 9.86 Å². The number of nitrogens with zero attached hydrogens (tertiary/aromatic N) is 6. The summed E-state index contributed by atoms with van der Waals surface area (Å²) in [6, 6.07) is 9.43. The molecule has 2 amide bonds. The maximum Gasteiger partial charge on any atom is 0.411 e. The predicted molar refractivity (Wildman–Crippen MR) is 201 cm³/mol. The second kappa shape index (κ2) is 15.6. The van der Waals surface area contributed by atoms with Crippen LogP contribution in [-0.4, -0.2) is 91.2 Å². The molecule has 1 N–H and O–H groups in total. The number of non-ortho nitro benzene ring substituents is 2. The Kier molecular flexibility index (Phi) is 10.8. The van der Waals surface area contributed by atoms with Crippen LogP contribution in [0.1, 0.15) is 42.3 Å². The Morgan fingerprint density at radius 3 is 2.16 bits per heavy atom. The molecule has 57 heavy (non-hydrogen) atoms. The minimum Gasteiger partial charge on any atom is -0.467 e. The molecule has 6 atom stereocenters. The van der Waals surface area contributed by atoms with Gasteiger partial charge in [0.2, 0.25) is 15.8 Å². The number of nitro benzene ring substituents is 2. The quantitative estimate of drug-likeness (QED) is 0.0402. The van der Waals surface area contributed by atoms with Crippen LogP contribution in [0.3, 0.4) is 0 Å². The topological polar surface area (TPSA) is 217 Å². The normalized spacial score (nSPS) is 22.0. The maximum atomic E-state index is 13.8. The minimum absolute atomic E-state index is 0.0824. The summed E-state index contributed by atoms with van der Waals surface area (Å²) in [4.78, 5) is 78.8. The van der Waals surface area contributed by atoms with Crippen molar-refractivity contribution in [1.29, 1.82) is 0 Å². The molecule has 3 aliphatic rings. The Morgan fingerprint density at radius 2 is 1.61 bits per heavy atom. The Hall–Kier alpha value is -5.86. The number of aliphatic hydroxyl groups is 1. The average Bonchev–Trinajstić information content (AvgIpc) is 3.95. The number of amides is 2. The SMILES string of the molecule is COC(=O)[C@@H]1C[C@@H]([n+]2cn3cc(C4=C(C(=O)OCc5ccc([N+](=O)[O-])cc5)N5C(=O)[C@H]([C@@H](C)O)[C@H]5[C@H]4C)sc3c2SC)CN1C(=O)OCc1ccc([N+](=O)[O-])cc1. The molecule has 20 heteroatoms. The van der Waals surface area contributed by atoms with Crippen LogP contribution in [0.2, 0.25) is 0 Å². The highest BCUT2D eigenvalue weighted by Gasteiger charge is 2.60. The van der Waals surface area contributed by atoms with Gasteiger partial charge in [0.1, 0.15) is 37.2 Å². The molecule has 3 aliphatic heterocycles. The summed E-state index contributed by atoms with van der Waals surface area (Å²) in [6.45, 7) is 3.21. The number of hydrogen-bond acceptors (Lipinski definition) is 14. The lowest BCUT2D eigenvalue weighted by Gasteiger charge is -2.46. The molecule has 2 saturated heterocycles. The first-order valence-corrected chi connectivity index (χ1v) is 19.8. The number of carbonyl (C=O) groups excluding carboxylic acids is 4. The molecule has 18 nitrogen and oxygen atoms in total. The van der Waals surface area contributed by atoms with E-state index in [9.17, 15) is 44.5 Å². The van der Waals surface area contributed by atoms with E-state index in [0.29, 0.717) is 21.6 Å². The van der Waals surface area contributed by atoms with E-state index in [2.05, 4.69) is 0 Å². The van der Waals surface area contributed by atoms with Crippen molar-refractivity contribution in [3.63, 3.8) is 0 Å². The fraction of sp³-hybridized carbons (Fsp3) is 0.378. The second-order valence-electron chi connectivity index (χ2n) is 13.9. The number of likely N-dealkylation sites (tertiary alicyclic amines) is 1. The number of benzene rings is 2. The number of rotatable bonds is 12. The molecule has 0 bridgehead atoms. The molecule has 4 aromatic rings. The highest BCUT2D eigenvalue weighted by Crippen LogP contribution is 2.52. The van der Waals surface area contributed by atoms with E-state index in [1.807, 2.05) is 34.7 Å². The standard InChI is InChI=1S/C37H37N6O12S2/c1-19-28(31(41-30(19)29(20(2)44)32(41)45)36(47)54-16-21-5-9-23(10-6-21)42(49)50)27-15-38-18-40(34(56-4)33(38)57-27)25-13-26(35(46)53-3)39(14-25)37(48)55-17-22-7-11-24(12-8-22)43(51)52/h5-12,15,18-20,25-26,29-30,44H,13-14,16-17H2,1-4H3/q+1/t19-,20+,25+,26-,29+,30+/m0/s1. The lowest BCUT2D eigenvalue weighted by atomic mass is 9.77. The number of aliphatic hydroxyl groups excluding tert-OH is 1. The number of ether oxygens (including phenoxy) is 3. The zero-order valence-electron chi connectivity index (χ0n) is 31.0. The smallest absolute Gasteiger partial charge is 0.411 e. The number of thioether (sulfide) groups is 1. The molecule has 2 fully saturated rings. The third-order valence-electron chi connectivity index (χ3n) is 10.6. The average molecular weight is 822 g/mol. The van der Waals surface area contributed by atoms with Gasteiger partial charge in [-0.1, -0.05) is 30.0 Å². The monoisotopic (exact) mass is 821 g/mol. The zero-order valence-corrected chi connectivity index (χ0v) is 32.6. The van der Waals surface area contributed by atoms with Gasteiger partial charge in [0.15, 0.2) is 0 Å². The molecule has 0 unspecified atom stereocenters. The number of methoxy groups -OCH3 is 1. The predicted octanol–water partition coefficient (Wildman–Crippen LogP) is 4.26. The van der Waals surface area contributed by atoms with Gasteiger partial charge in [-0.3, -0.25) is 29.9 Å². The highest BCUT2D eigenvalue weighted by atomic mass is 32.2. The number of hydrogen-bond donors (Lipinski definition) is 1. The Balaban J connectivity index is 1.16. The van der Waals surface area contributed by atoms with Crippen LogP contribution in [0.4, 0.5) is 16.2 Å². The van der Waals surface area contributed by atoms with Gasteiger partial charge in [0.25, 0.3) is 17.7 Å². The number of nitro groups is 2. The van der Waals surface area contributed by atoms with Gasteiger partial charge in [-0.05, 0) is 48.6 Å². The van der Waals surface area contributed by atoms with E-state index in [4.69, 9.17) is 14.2 Å². The van der Waals surface area contributed by atoms with Crippen molar-refractivity contribution < 1.29 is 52.9 Å². The van der Waals surface area contributed by atoms with Gasteiger partial charge >= 0.3 is 18.0 Å². The molecule has 2 aromatic heterocycles. The minimum atomic E-state index is -0.946. The first-order valence-electron chi connectivity index (χ1n) is 17.7. The van der Waals surface area contributed by atoms with Crippen molar-refractivity contribution in [2.75, 3.05) is 19.9 Å². The van der Waals surface area contributed by atoms with E-state index < -0.39 is 52.0 Å². The maximum absolute atomic E-state index is 13.8. The van der Waals surface area contributed by atoms with Gasteiger partial charge in [-0.2, -0.15) is 4.40 Å². The number of esters is 2. The van der Waals surface area contributed by atoms with E-state index in [1.165, 1.54) is 88.5 Å². The van der Waals surface area contributed by atoms with Crippen LogP contribution >= 0.6 is 23.1 Å². The van der Waals surface area contributed by atoms with Crippen LogP contribution in [0, 0.1) is 32.1 Å². The van der Waals surface area contributed by atoms with Gasteiger partial charge in [0, 0.05) is 42.2 Å². The molecule has 298 valence electrons. The van der Waals surface area contributed by atoms with Gasteiger partial charge < -0.3 is 24.2 Å². The van der Waals surface area contributed by atoms with Crippen molar-refractivity contribution >= 4 is 68.8 Å². The fourth-order valence-corrected chi connectivity index (χ4v) is 10.0. The van der Waals surface area contributed by atoms with Gasteiger partial charge in [0.05, 0.1) is 46.4 Å². The molecule has 0 saturated carbocycles. The molecule has 0 aliphatic carbocycles.